The van der Waals surface area contributed by atoms with Gasteiger partial charge in [0.2, 0.25) is 0 Å². The normalized spacial score (nSPS) is 18.3. The van der Waals surface area contributed by atoms with Crippen LogP contribution < -0.4 is 5.73 Å². The van der Waals surface area contributed by atoms with Gasteiger partial charge in [-0.05, 0) is 37.3 Å². The SMILES string of the molecule is Nc1ccccc1C/C=C1\CC=CCC1. The van der Waals surface area contributed by atoms with Gasteiger partial charge in [-0.2, -0.15) is 0 Å². The molecule has 1 heteroatoms. The van der Waals surface area contributed by atoms with Crippen LogP contribution in [0.4, 0.5) is 5.69 Å². The lowest BCUT2D eigenvalue weighted by atomic mass is 9.98. The third kappa shape index (κ3) is 2.72. The molecule has 0 spiro atoms. The zero-order valence-electron chi connectivity index (χ0n) is 8.95. The highest BCUT2D eigenvalue weighted by molar-refractivity contribution is 5.47. The summed E-state index contributed by atoms with van der Waals surface area (Å²) in [6.07, 6.45) is 11.3. The molecule has 2 rings (SSSR count). The minimum atomic E-state index is 0.903. The molecule has 0 radical (unpaired) electrons. The number of rotatable bonds is 2. The van der Waals surface area contributed by atoms with E-state index in [1.807, 2.05) is 18.2 Å². The average Bonchev–Trinajstić information content (AvgIpc) is 2.29. The van der Waals surface area contributed by atoms with Gasteiger partial charge in [0.1, 0.15) is 0 Å². The molecule has 0 bridgehead atoms. The molecular weight excluding hydrogens is 182 g/mol. The molecule has 1 aliphatic carbocycles. The van der Waals surface area contributed by atoms with Gasteiger partial charge in [-0.15, -0.1) is 0 Å². The van der Waals surface area contributed by atoms with Gasteiger partial charge >= 0.3 is 0 Å². The van der Waals surface area contributed by atoms with Gasteiger partial charge in [-0.25, -0.2) is 0 Å². The molecule has 0 amide bonds. The summed E-state index contributed by atoms with van der Waals surface area (Å²) in [5.74, 6) is 0. The molecule has 0 heterocycles. The van der Waals surface area contributed by atoms with Crippen molar-refractivity contribution < 1.29 is 0 Å². The summed E-state index contributed by atoms with van der Waals surface area (Å²) in [7, 11) is 0. The van der Waals surface area contributed by atoms with E-state index < -0.39 is 0 Å². The molecule has 0 atom stereocenters. The maximum absolute atomic E-state index is 5.89. The Morgan fingerprint density at radius 1 is 1.20 bits per heavy atom. The highest BCUT2D eigenvalue weighted by Gasteiger charge is 2.00. The first-order valence-electron chi connectivity index (χ1n) is 5.52. The Kier molecular flexibility index (Phi) is 3.23. The van der Waals surface area contributed by atoms with E-state index in [0.29, 0.717) is 0 Å². The van der Waals surface area contributed by atoms with E-state index in [4.69, 9.17) is 5.73 Å². The number of anilines is 1. The molecule has 1 nitrogen and oxygen atoms in total. The van der Waals surface area contributed by atoms with Crippen LogP contribution in [-0.4, -0.2) is 0 Å². The summed E-state index contributed by atoms with van der Waals surface area (Å²) in [5, 5.41) is 0. The van der Waals surface area contributed by atoms with Gasteiger partial charge < -0.3 is 5.73 Å². The number of nitrogens with two attached hydrogens (primary N) is 1. The van der Waals surface area contributed by atoms with E-state index in [0.717, 1.165) is 18.5 Å². The van der Waals surface area contributed by atoms with Crippen LogP contribution in [0.25, 0.3) is 0 Å². The predicted octanol–water partition coefficient (Wildman–Crippen LogP) is 3.48. The van der Waals surface area contributed by atoms with Crippen molar-refractivity contribution in [1.82, 2.24) is 0 Å². The van der Waals surface area contributed by atoms with E-state index in [-0.39, 0.29) is 0 Å². The second-order valence-electron chi connectivity index (χ2n) is 3.98. The van der Waals surface area contributed by atoms with Gasteiger partial charge in [-0.1, -0.05) is 42.0 Å². The third-order valence-electron chi connectivity index (χ3n) is 2.84. The Labute approximate surface area is 91.3 Å². The van der Waals surface area contributed by atoms with Gasteiger partial charge in [0.15, 0.2) is 0 Å². The molecule has 78 valence electrons. The number of allylic oxidation sites excluding steroid dienone is 4. The fraction of sp³-hybridized carbons (Fsp3) is 0.286. The highest BCUT2D eigenvalue weighted by atomic mass is 14.6. The summed E-state index contributed by atoms with van der Waals surface area (Å²) >= 11 is 0. The summed E-state index contributed by atoms with van der Waals surface area (Å²) in [6, 6.07) is 8.10. The van der Waals surface area contributed by atoms with E-state index in [2.05, 4.69) is 24.3 Å². The molecule has 1 aromatic rings. The lowest BCUT2D eigenvalue weighted by Gasteiger charge is -2.08. The van der Waals surface area contributed by atoms with Crippen molar-refractivity contribution in [1.29, 1.82) is 0 Å². The molecule has 1 aromatic carbocycles. The summed E-state index contributed by atoms with van der Waals surface area (Å²) in [5.41, 5.74) is 9.57. The number of hydrogen-bond acceptors (Lipinski definition) is 1. The summed E-state index contributed by atoms with van der Waals surface area (Å²) < 4.78 is 0. The molecule has 1 aliphatic rings. The first kappa shape index (κ1) is 10.0. The number of hydrogen-bond donors (Lipinski definition) is 1. The lowest BCUT2D eigenvalue weighted by molar-refractivity contribution is 0.890. The van der Waals surface area contributed by atoms with Crippen LogP contribution in [-0.2, 0) is 6.42 Å². The zero-order chi connectivity index (χ0) is 10.5. The van der Waals surface area contributed by atoms with Crippen molar-refractivity contribution in [2.24, 2.45) is 0 Å². The van der Waals surface area contributed by atoms with E-state index >= 15 is 0 Å². The van der Waals surface area contributed by atoms with Crippen LogP contribution in [0.15, 0.2) is 48.1 Å². The molecule has 15 heavy (non-hydrogen) atoms. The minimum absolute atomic E-state index is 0.903. The maximum atomic E-state index is 5.89. The molecule has 0 aromatic heterocycles. The van der Waals surface area contributed by atoms with Crippen molar-refractivity contribution in [3.05, 3.63) is 53.6 Å². The quantitative estimate of drug-likeness (QED) is 0.572. The molecular formula is C14H17N. The first-order chi connectivity index (χ1) is 7.36. The van der Waals surface area contributed by atoms with Crippen LogP contribution in [0.2, 0.25) is 0 Å². The highest BCUT2D eigenvalue weighted by Crippen LogP contribution is 2.19. The smallest absolute Gasteiger partial charge is 0.0349 e. The third-order valence-corrected chi connectivity index (χ3v) is 2.84. The van der Waals surface area contributed by atoms with Gasteiger partial charge in [0.25, 0.3) is 0 Å². The molecule has 0 aliphatic heterocycles. The zero-order valence-corrected chi connectivity index (χ0v) is 8.95. The first-order valence-corrected chi connectivity index (χ1v) is 5.52. The lowest BCUT2D eigenvalue weighted by Crippen LogP contribution is -1.94. The minimum Gasteiger partial charge on any atom is -0.398 e. The van der Waals surface area contributed by atoms with Crippen molar-refractivity contribution >= 4 is 5.69 Å². The molecule has 0 unspecified atom stereocenters. The number of para-hydroxylation sites is 1. The van der Waals surface area contributed by atoms with Crippen LogP contribution in [0, 0.1) is 0 Å². The van der Waals surface area contributed by atoms with Gasteiger partial charge in [0, 0.05) is 5.69 Å². The van der Waals surface area contributed by atoms with Gasteiger partial charge in [-0.3, -0.25) is 0 Å². The average molecular weight is 199 g/mol. The standard InChI is InChI=1S/C14H17N/c15-14-9-5-4-8-13(14)11-10-12-6-2-1-3-7-12/h1-2,4-5,8-10H,3,6-7,11,15H2/b12-10+. The number of nitrogen functional groups attached to an aromatic ring is 1. The largest absolute Gasteiger partial charge is 0.398 e. The van der Waals surface area contributed by atoms with E-state index in [9.17, 15) is 0 Å². The fourth-order valence-electron chi connectivity index (χ4n) is 1.88. The molecule has 2 N–H and O–H groups in total. The Bertz CT molecular complexity index is 388. The number of benzene rings is 1. The van der Waals surface area contributed by atoms with Crippen LogP contribution in [0.1, 0.15) is 24.8 Å². The van der Waals surface area contributed by atoms with Gasteiger partial charge in [0.05, 0.1) is 0 Å². The van der Waals surface area contributed by atoms with Crippen LogP contribution >= 0.6 is 0 Å². The topological polar surface area (TPSA) is 26.0 Å². The van der Waals surface area contributed by atoms with Crippen molar-refractivity contribution in [3.63, 3.8) is 0 Å². The Morgan fingerprint density at radius 2 is 2.07 bits per heavy atom. The second-order valence-corrected chi connectivity index (χ2v) is 3.98. The van der Waals surface area contributed by atoms with Crippen LogP contribution in [0.5, 0.6) is 0 Å². The monoisotopic (exact) mass is 199 g/mol. The molecule has 0 fully saturated rings. The van der Waals surface area contributed by atoms with E-state index in [1.165, 1.54) is 18.4 Å². The molecule has 0 saturated heterocycles. The Hall–Kier alpha value is -1.50. The predicted molar refractivity (Wildman–Crippen MR) is 65.6 cm³/mol. The van der Waals surface area contributed by atoms with Crippen molar-refractivity contribution in [2.75, 3.05) is 5.73 Å². The fourth-order valence-corrected chi connectivity index (χ4v) is 1.88. The summed E-state index contributed by atoms with van der Waals surface area (Å²) in [6.45, 7) is 0. The summed E-state index contributed by atoms with van der Waals surface area (Å²) in [4.78, 5) is 0. The maximum Gasteiger partial charge on any atom is 0.0349 e. The van der Waals surface area contributed by atoms with Crippen molar-refractivity contribution in [2.45, 2.75) is 25.7 Å². The Morgan fingerprint density at radius 3 is 2.80 bits per heavy atom. The van der Waals surface area contributed by atoms with Crippen molar-refractivity contribution in [3.8, 4) is 0 Å². The van der Waals surface area contributed by atoms with E-state index in [1.54, 1.807) is 5.57 Å². The second kappa shape index (κ2) is 4.83. The van der Waals surface area contributed by atoms with Crippen LogP contribution in [0.3, 0.4) is 0 Å². The molecule has 0 saturated carbocycles. The Balaban J connectivity index is 2.03.